The maximum atomic E-state index is 12.6. The van der Waals surface area contributed by atoms with Crippen LogP contribution < -0.4 is 10.1 Å². The van der Waals surface area contributed by atoms with E-state index in [1.165, 1.54) is 0 Å². The zero-order valence-corrected chi connectivity index (χ0v) is 16.5. The van der Waals surface area contributed by atoms with Crippen LogP contribution in [-0.4, -0.2) is 68.1 Å². The molecule has 1 N–H and O–H groups in total. The van der Waals surface area contributed by atoms with Crippen LogP contribution >= 0.6 is 0 Å². The van der Waals surface area contributed by atoms with Gasteiger partial charge in [-0.2, -0.15) is 0 Å². The van der Waals surface area contributed by atoms with Gasteiger partial charge in [0.1, 0.15) is 5.75 Å². The highest BCUT2D eigenvalue weighted by Crippen LogP contribution is 2.26. The number of nitrogens with one attached hydrogen (secondary N) is 1. The molecule has 0 unspecified atom stereocenters. The van der Waals surface area contributed by atoms with Gasteiger partial charge in [-0.3, -0.25) is 4.79 Å². The van der Waals surface area contributed by atoms with E-state index >= 15 is 0 Å². The van der Waals surface area contributed by atoms with Gasteiger partial charge in [0.2, 0.25) is 0 Å². The lowest BCUT2D eigenvalue weighted by Crippen LogP contribution is -2.45. The number of piperazine rings is 1. The Morgan fingerprint density at radius 1 is 1.11 bits per heavy atom. The Kier molecular flexibility index (Phi) is 7.07. The summed E-state index contributed by atoms with van der Waals surface area (Å²) in [6.07, 6.45) is 1.16. The molecule has 2 aromatic carbocycles. The Balaban J connectivity index is 1.47. The third-order valence-electron chi connectivity index (χ3n) is 5.23. The number of amides is 1. The summed E-state index contributed by atoms with van der Waals surface area (Å²) in [7, 11) is 2.17. The normalized spacial score (nSPS) is 17.0. The highest BCUT2D eigenvalue weighted by molar-refractivity contribution is 5.89. The van der Waals surface area contributed by atoms with Crippen LogP contribution in [0.5, 0.6) is 5.75 Å². The first-order chi connectivity index (χ1) is 13.2. The Morgan fingerprint density at radius 2 is 1.85 bits per heavy atom. The average molecular weight is 370 g/mol. The van der Waals surface area contributed by atoms with E-state index in [0.29, 0.717) is 13.0 Å². The highest BCUT2D eigenvalue weighted by Gasteiger charge is 2.19. The largest absolute Gasteiger partial charge is 0.480 e. The van der Waals surface area contributed by atoms with Gasteiger partial charge in [-0.05, 0) is 37.9 Å². The number of hydrogen-bond acceptors (Lipinski definition) is 4. The lowest BCUT2D eigenvalue weighted by molar-refractivity contribution is -0.128. The van der Waals surface area contributed by atoms with Crippen molar-refractivity contribution in [2.45, 2.75) is 25.9 Å². The maximum absolute atomic E-state index is 12.6. The lowest BCUT2D eigenvalue weighted by Gasteiger charge is -2.32. The molecule has 27 heavy (non-hydrogen) atoms. The smallest absolute Gasteiger partial charge is 0.261 e. The van der Waals surface area contributed by atoms with E-state index in [4.69, 9.17) is 4.74 Å². The van der Waals surface area contributed by atoms with Crippen molar-refractivity contribution in [2.75, 3.05) is 46.3 Å². The second-order valence-corrected chi connectivity index (χ2v) is 7.28. The number of rotatable bonds is 8. The molecule has 0 aromatic heterocycles. The summed E-state index contributed by atoms with van der Waals surface area (Å²) in [6.45, 7) is 8.21. The summed E-state index contributed by atoms with van der Waals surface area (Å²) >= 11 is 0. The van der Waals surface area contributed by atoms with Crippen molar-refractivity contribution in [1.82, 2.24) is 15.1 Å². The number of carbonyl (C=O) groups is 1. The van der Waals surface area contributed by atoms with Crippen LogP contribution in [0, 0.1) is 0 Å². The summed E-state index contributed by atoms with van der Waals surface area (Å²) in [5, 5.41) is 5.21. The van der Waals surface area contributed by atoms with Gasteiger partial charge in [0.25, 0.3) is 5.91 Å². The molecule has 1 fully saturated rings. The monoisotopic (exact) mass is 369 g/mol. The van der Waals surface area contributed by atoms with Crippen LogP contribution in [0.4, 0.5) is 0 Å². The number of fused-ring (bicyclic) bond motifs is 1. The summed E-state index contributed by atoms with van der Waals surface area (Å²) in [5.41, 5.74) is 0. The number of nitrogens with zero attached hydrogens (tertiary/aromatic N) is 2. The maximum Gasteiger partial charge on any atom is 0.261 e. The molecule has 1 heterocycles. The number of ether oxygens (including phenoxy) is 1. The fraction of sp³-hybridized carbons (Fsp3) is 0.500. The van der Waals surface area contributed by atoms with Crippen LogP contribution in [0.15, 0.2) is 42.5 Å². The number of benzene rings is 2. The third kappa shape index (κ3) is 5.44. The molecule has 1 saturated heterocycles. The Morgan fingerprint density at radius 3 is 2.63 bits per heavy atom. The first-order valence-electron chi connectivity index (χ1n) is 10.0. The van der Waals surface area contributed by atoms with Crippen molar-refractivity contribution in [3.05, 3.63) is 42.5 Å². The minimum absolute atomic E-state index is 0.0242. The molecule has 1 atom stereocenters. The van der Waals surface area contributed by atoms with Crippen molar-refractivity contribution in [2.24, 2.45) is 0 Å². The van der Waals surface area contributed by atoms with Gasteiger partial charge in [-0.15, -0.1) is 0 Å². The second-order valence-electron chi connectivity index (χ2n) is 7.28. The summed E-state index contributed by atoms with van der Waals surface area (Å²) in [6, 6.07) is 14.1. The highest BCUT2D eigenvalue weighted by atomic mass is 16.5. The van der Waals surface area contributed by atoms with Gasteiger partial charge >= 0.3 is 0 Å². The minimum atomic E-state index is -0.459. The fourth-order valence-electron chi connectivity index (χ4n) is 3.47. The SMILES string of the molecule is CC[C@H](Oc1cccc2ccccc12)C(=O)NCCCN1CCN(C)CC1. The molecule has 5 nitrogen and oxygen atoms in total. The van der Waals surface area contributed by atoms with Crippen molar-refractivity contribution in [3.63, 3.8) is 0 Å². The van der Waals surface area contributed by atoms with Crippen molar-refractivity contribution >= 4 is 16.7 Å². The van der Waals surface area contributed by atoms with E-state index in [1.807, 2.05) is 37.3 Å². The Bertz CT molecular complexity index is 736. The average Bonchev–Trinajstić information content (AvgIpc) is 2.70. The van der Waals surface area contributed by atoms with E-state index in [9.17, 15) is 4.79 Å². The van der Waals surface area contributed by atoms with Gasteiger partial charge in [-0.1, -0.05) is 43.3 Å². The number of carbonyl (C=O) groups excluding carboxylic acids is 1. The molecule has 1 aliphatic rings. The molecule has 146 valence electrons. The summed E-state index contributed by atoms with van der Waals surface area (Å²) < 4.78 is 6.07. The fourth-order valence-corrected chi connectivity index (χ4v) is 3.47. The van der Waals surface area contributed by atoms with E-state index in [0.717, 1.165) is 55.7 Å². The van der Waals surface area contributed by atoms with Gasteiger partial charge in [-0.25, -0.2) is 0 Å². The molecular formula is C22H31N3O2. The minimum Gasteiger partial charge on any atom is -0.480 e. The topological polar surface area (TPSA) is 44.8 Å². The quantitative estimate of drug-likeness (QED) is 0.727. The first-order valence-corrected chi connectivity index (χ1v) is 10.0. The van der Waals surface area contributed by atoms with E-state index in [-0.39, 0.29) is 5.91 Å². The molecule has 1 amide bonds. The summed E-state index contributed by atoms with van der Waals surface area (Å²) in [5.74, 6) is 0.747. The molecule has 5 heteroatoms. The van der Waals surface area contributed by atoms with Crippen LogP contribution in [0.25, 0.3) is 10.8 Å². The Hall–Kier alpha value is -2.11. The molecule has 3 rings (SSSR count). The van der Waals surface area contributed by atoms with Crippen LogP contribution in [0.2, 0.25) is 0 Å². The molecular weight excluding hydrogens is 338 g/mol. The molecule has 0 radical (unpaired) electrons. The first kappa shape index (κ1) is 19.6. The van der Waals surface area contributed by atoms with Crippen molar-refractivity contribution in [3.8, 4) is 5.75 Å². The number of likely N-dealkylation sites (N-methyl/N-ethyl adjacent to an activating group) is 1. The number of hydrogen-bond donors (Lipinski definition) is 1. The van der Waals surface area contributed by atoms with Gasteiger partial charge in [0.15, 0.2) is 6.10 Å². The van der Waals surface area contributed by atoms with Crippen LogP contribution in [0.1, 0.15) is 19.8 Å². The van der Waals surface area contributed by atoms with Crippen LogP contribution in [-0.2, 0) is 4.79 Å². The predicted octanol–water partition coefficient (Wildman–Crippen LogP) is 2.75. The van der Waals surface area contributed by atoms with Crippen LogP contribution in [0.3, 0.4) is 0 Å². The lowest BCUT2D eigenvalue weighted by atomic mass is 10.1. The van der Waals surface area contributed by atoms with Crippen molar-refractivity contribution in [1.29, 1.82) is 0 Å². The van der Waals surface area contributed by atoms with Gasteiger partial charge in [0, 0.05) is 38.1 Å². The van der Waals surface area contributed by atoms with Gasteiger partial charge < -0.3 is 19.9 Å². The zero-order chi connectivity index (χ0) is 19.1. The molecule has 0 aliphatic carbocycles. The molecule has 2 aromatic rings. The van der Waals surface area contributed by atoms with E-state index < -0.39 is 6.10 Å². The molecule has 0 bridgehead atoms. The van der Waals surface area contributed by atoms with E-state index in [1.54, 1.807) is 0 Å². The molecule has 0 saturated carbocycles. The Labute approximate surface area is 162 Å². The predicted molar refractivity (Wildman–Crippen MR) is 110 cm³/mol. The zero-order valence-electron chi connectivity index (χ0n) is 16.5. The molecule has 0 spiro atoms. The second kappa shape index (κ2) is 9.72. The van der Waals surface area contributed by atoms with Gasteiger partial charge in [0.05, 0.1) is 0 Å². The third-order valence-corrected chi connectivity index (χ3v) is 5.23. The van der Waals surface area contributed by atoms with Crippen molar-refractivity contribution < 1.29 is 9.53 Å². The molecule has 1 aliphatic heterocycles. The standard InChI is InChI=1S/C22H31N3O2/c1-3-20(27-21-11-6-9-18-8-4-5-10-19(18)21)22(26)23-12-7-13-25-16-14-24(2)15-17-25/h4-6,8-11,20H,3,7,12-17H2,1-2H3,(H,23,26)/t20-/m0/s1. The van der Waals surface area contributed by atoms with E-state index in [2.05, 4.69) is 34.3 Å². The summed E-state index contributed by atoms with van der Waals surface area (Å²) in [4.78, 5) is 17.4.